The van der Waals surface area contributed by atoms with Gasteiger partial charge in [-0.05, 0) is 49.6 Å². The second-order valence-electron chi connectivity index (χ2n) is 5.07. The third-order valence-electron chi connectivity index (χ3n) is 3.40. The van der Waals surface area contributed by atoms with Crippen LogP contribution in [0.4, 0.5) is 5.69 Å². The fourth-order valence-corrected chi connectivity index (χ4v) is 2.00. The second-order valence-corrected chi connectivity index (χ2v) is 5.07. The third-order valence-corrected chi connectivity index (χ3v) is 3.40. The first-order chi connectivity index (χ1) is 10.1. The van der Waals surface area contributed by atoms with Gasteiger partial charge >= 0.3 is 0 Å². The summed E-state index contributed by atoms with van der Waals surface area (Å²) >= 11 is 0. The molecule has 0 aromatic heterocycles. The zero-order valence-corrected chi connectivity index (χ0v) is 12.7. The van der Waals surface area contributed by atoms with Crippen molar-refractivity contribution < 1.29 is 9.53 Å². The van der Waals surface area contributed by atoms with E-state index in [1.165, 1.54) is 5.56 Å². The van der Waals surface area contributed by atoms with Gasteiger partial charge in [0.2, 0.25) is 0 Å². The lowest BCUT2D eigenvalue weighted by molar-refractivity contribution is -0.122. The van der Waals surface area contributed by atoms with Crippen LogP contribution in [0.1, 0.15) is 25.0 Å². The second kappa shape index (κ2) is 6.93. The highest BCUT2D eigenvalue weighted by Gasteiger charge is 2.15. The summed E-state index contributed by atoms with van der Waals surface area (Å²) in [6.45, 7) is 5.82. The molecule has 1 amide bonds. The molecule has 0 saturated heterocycles. The van der Waals surface area contributed by atoms with Crippen molar-refractivity contribution >= 4 is 11.6 Å². The number of hydrogen-bond donors (Lipinski definition) is 1. The highest BCUT2D eigenvalue weighted by molar-refractivity contribution is 5.94. The number of carbonyl (C=O) groups is 1. The van der Waals surface area contributed by atoms with Crippen LogP contribution in [0.3, 0.4) is 0 Å². The summed E-state index contributed by atoms with van der Waals surface area (Å²) in [6.07, 6.45) is 0.443. The fourth-order valence-electron chi connectivity index (χ4n) is 2.00. The largest absolute Gasteiger partial charge is 0.481 e. The quantitative estimate of drug-likeness (QED) is 0.902. The van der Waals surface area contributed by atoms with Crippen LogP contribution in [0.25, 0.3) is 0 Å². The maximum absolute atomic E-state index is 12.1. The van der Waals surface area contributed by atoms with Crippen LogP contribution in [0.5, 0.6) is 5.75 Å². The van der Waals surface area contributed by atoms with Gasteiger partial charge < -0.3 is 10.1 Å². The van der Waals surface area contributed by atoms with Gasteiger partial charge in [-0.15, -0.1) is 0 Å². The number of carbonyl (C=O) groups excluding carboxylic acids is 1. The van der Waals surface area contributed by atoms with Crippen molar-refractivity contribution in [1.82, 2.24) is 0 Å². The minimum Gasteiger partial charge on any atom is -0.481 e. The Balaban J connectivity index is 1.97. The molecule has 0 aliphatic rings. The summed E-state index contributed by atoms with van der Waals surface area (Å²) in [5.74, 6) is 0.587. The van der Waals surface area contributed by atoms with Crippen molar-refractivity contribution in [3.63, 3.8) is 0 Å². The molecule has 0 aliphatic carbocycles. The van der Waals surface area contributed by atoms with Crippen molar-refractivity contribution in [3.05, 3.63) is 59.7 Å². The molecule has 1 unspecified atom stereocenters. The lowest BCUT2D eigenvalue weighted by Gasteiger charge is -2.16. The van der Waals surface area contributed by atoms with Gasteiger partial charge in [-0.25, -0.2) is 0 Å². The smallest absolute Gasteiger partial charge is 0.265 e. The molecule has 3 heteroatoms. The van der Waals surface area contributed by atoms with Gasteiger partial charge in [0.15, 0.2) is 6.10 Å². The van der Waals surface area contributed by atoms with Crippen molar-refractivity contribution in [1.29, 1.82) is 0 Å². The highest BCUT2D eigenvalue weighted by atomic mass is 16.5. The van der Waals surface area contributed by atoms with Crippen LogP contribution in [-0.2, 0) is 11.2 Å². The average Bonchev–Trinajstić information content (AvgIpc) is 2.50. The first-order valence-electron chi connectivity index (χ1n) is 7.22. The van der Waals surface area contributed by atoms with Crippen molar-refractivity contribution in [2.24, 2.45) is 0 Å². The summed E-state index contributed by atoms with van der Waals surface area (Å²) in [7, 11) is 0. The van der Waals surface area contributed by atoms with E-state index in [-0.39, 0.29) is 5.91 Å². The van der Waals surface area contributed by atoms with E-state index in [9.17, 15) is 4.79 Å². The molecule has 0 fully saturated rings. The molecule has 0 spiro atoms. The molecule has 0 radical (unpaired) electrons. The molecular weight excluding hydrogens is 262 g/mol. The standard InChI is InChI=1S/C18H21NO2/c1-4-15-9-11-16(12-10-15)19-18(20)14(3)21-17-8-6-5-7-13(17)2/h5-12,14H,4H2,1-3H3,(H,19,20). The van der Waals surface area contributed by atoms with Gasteiger partial charge in [0.1, 0.15) is 5.75 Å². The van der Waals surface area contributed by atoms with Crippen molar-refractivity contribution in [3.8, 4) is 5.75 Å². The lowest BCUT2D eigenvalue weighted by atomic mass is 10.1. The van der Waals surface area contributed by atoms with Crippen molar-refractivity contribution in [2.45, 2.75) is 33.3 Å². The van der Waals surface area contributed by atoms with Crippen LogP contribution in [0, 0.1) is 6.92 Å². The Morgan fingerprint density at radius 2 is 1.81 bits per heavy atom. The van der Waals surface area contributed by atoms with E-state index in [1.807, 2.05) is 55.5 Å². The molecule has 2 aromatic carbocycles. The number of aryl methyl sites for hydroxylation is 2. The van der Waals surface area contributed by atoms with E-state index in [0.29, 0.717) is 0 Å². The molecule has 21 heavy (non-hydrogen) atoms. The van der Waals surface area contributed by atoms with E-state index in [0.717, 1.165) is 23.4 Å². The summed E-state index contributed by atoms with van der Waals surface area (Å²) in [5, 5.41) is 2.87. The molecule has 0 bridgehead atoms. The van der Waals surface area contributed by atoms with E-state index in [2.05, 4.69) is 12.2 Å². The molecule has 0 saturated carbocycles. The number of hydrogen-bond acceptors (Lipinski definition) is 2. The summed E-state index contributed by atoms with van der Waals surface area (Å²) in [6, 6.07) is 15.5. The van der Waals surface area contributed by atoms with Crippen LogP contribution in [0.15, 0.2) is 48.5 Å². The van der Waals surface area contributed by atoms with E-state index in [4.69, 9.17) is 4.74 Å². The fraction of sp³-hybridized carbons (Fsp3) is 0.278. The van der Waals surface area contributed by atoms with E-state index >= 15 is 0 Å². The Labute approximate surface area is 126 Å². The van der Waals surface area contributed by atoms with E-state index < -0.39 is 6.10 Å². The first kappa shape index (κ1) is 15.1. The van der Waals surface area contributed by atoms with E-state index in [1.54, 1.807) is 6.92 Å². The van der Waals surface area contributed by atoms with Gasteiger partial charge in [0.05, 0.1) is 0 Å². The number of benzene rings is 2. The highest BCUT2D eigenvalue weighted by Crippen LogP contribution is 2.18. The van der Waals surface area contributed by atoms with Gasteiger partial charge in [-0.2, -0.15) is 0 Å². The molecule has 110 valence electrons. The van der Waals surface area contributed by atoms with Gasteiger partial charge in [0, 0.05) is 5.69 Å². The predicted molar refractivity (Wildman–Crippen MR) is 85.7 cm³/mol. The monoisotopic (exact) mass is 283 g/mol. The molecule has 3 nitrogen and oxygen atoms in total. The minimum atomic E-state index is -0.544. The van der Waals surface area contributed by atoms with Crippen LogP contribution < -0.4 is 10.1 Å². The van der Waals surface area contributed by atoms with Gasteiger partial charge in [-0.3, -0.25) is 4.79 Å². The van der Waals surface area contributed by atoms with Crippen LogP contribution in [-0.4, -0.2) is 12.0 Å². The Kier molecular flexibility index (Phi) is 4.99. The molecule has 1 N–H and O–H groups in total. The molecule has 2 rings (SSSR count). The maximum Gasteiger partial charge on any atom is 0.265 e. The molecule has 2 aromatic rings. The molecule has 0 aliphatic heterocycles. The zero-order chi connectivity index (χ0) is 15.2. The average molecular weight is 283 g/mol. The Hall–Kier alpha value is -2.29. The summed E-state index contributed by atoms with van der Waals surface area (Å²) in [5.41, 5.74) is 3.05. The molecule has 0 heterocycles. The first-order valence-corrected chi connectivity index (χ1v) is 7.22. The van der Waals surface area contributed by atoms with Crippen LogP contribution >= 0.6 is 0 Å². The third kappa shape index (κ3) is 4.09. The lowest BCUT2D eigenvalue weighted by Crippen LogP contribution is -2.30. The van der Waals surface area contributed by atoms with Crippen molar-refractivity contribution in [2.75, 3.05) is 5.32 Å². The number of anilines is 1. The number of amides is 1. The Morgan fingerprint density at radius 1 is 1.14 bits per heavy atom. The maximum atomic E-state index is 12.1. The minimum absolute atomic E-state index is 0.150. The Morgan fingerprint density at radius 3 is 2.43 bits per heavy atom. The molecular formula is C18H21NO2. The van der Waals surface area contributed by atoms with Gasteiger partial charge in [-0.1, -0.05) is 37.3 Å². The molecule has 1 atom stereocenters. The van der Waals surface area contributed by atoms with Crippen LogP contribution in [0.2, 0.25) is 0 Å². The number of ether oxygens (including phenoxy) is 1. The topological polar surface area (TPSA) is 38.3 Å². The number of nitrogens with one attached hydrogen (secondary N) is 1. The zero-order valence-electron chi connectivity index (χ0n) is 12.7. The SMILES string of the molecule is CCc1ccc(NC(=O)C(C)Oc2ccccc2C)cc1. The Bertz CT molecular complexity index is 605. The summed E-state index contributed by atoms with van der Waals surface area (Å²) in [4.78, 5) is 12.1. The van der Waals surface area contributed by atoms with Gasteiger partial charge in [0.25, 0.3) is 5.91 Å². The summed E-state index contributed by atoms with van der Waals surface area (Å²) < 4.78 is 5.71. The predicted octanol–water partition coefficient (Wildman–Crippen LogP) is 3.96. The normalized spacial score (nSPS) is 11.8. The number of para-hydroxylation sites is 1. The number of rotatable bonds is 5.